The number of anilines is 2. The first-order valence-corrected chi connectivity index (χ1v) is 8.08. The molecule has 0 atom stereocenters. The highest BCUT2D eigenvalue weighted by atomic mass is 16.5. The van der Waals surface area contributed by atoms with Crippen LogP contribution in [-0.2, 0) is 4.74 Å². The van der Waals surface area contributed by atoms with Gasteiger partial charge in [0.1, 0.15) is 5.82 Å². The lowest BCUT2D eigenvalue weighted by Gasteiger charge is -2.47. The van der Waals surface area contributed by atoms with Crippen molar-refractivity contribution in [3.05, 3.63) is 11.8 Å². The summed E-state index contributed by atoms with van der Waals surface area (Å²) >= 11 is 0. The van der Waals surface area contributed by atoms with Crippen LogP contribution in [0.15, 0.2) is 6.07 Å². The summed E-state index contributed by atoms with van der Waals surface area (Å²) in [4.78, 5) is 13.5. The molecule has 1 aromatic rings. The summed E-state index contributed by atoms with van der Waals surface area (Å²) in [6.45, 7) is 5.70. The van der Waals surface area contributed by atoms with Crippen molar-refractivity contribution in [2.75, 3.05) is 50.0 Å². The summed E-state index contributed by atoms with van der Waals surface area (Å²) in [5, 5.41) is 9.46. The molecule has 22 heavy (non-hydrogen) atoms. The minimum absolute atomic E-state index is 0.181. The molecule has 3 N–H and O–H groups in total. The van der Waals surface area contributed by atoms with E-state index in [1.54, 1.807) is 0 Å². The van der Waals surface area contributed by atoms with Gasteiger partial charge in [0.15, 0.2) is 0 Å². The first-order chi connectivity index (χ1) is 10.7. The van der Waals surface area contributed by atoms with Gasteiger partial charge in [0.25, 0.3) is 0 Å². The SMILES string of the molecule is Nc1nc(C2CC(O)C2)cc(N2CC(N3CCOCC3)C2)n1. The van der Waals surface area contributed by atoms with E-state index in [2.05, 4.69) is 19.8 Å². The molecule has 4 rings (SSSR count). The third-order valence-corrected chi connectivity index (χ3v) is 5.03. The van der Waals surface area contributed by atoms with Crippen molar-refractivity contribution in [3.63, 3.8) is 0 Å². The fraction of sp³-hybridized carbons (Fsp3) is 0.733. The normalized spacial score (nSPS) is 30.0. The second kappa shape index (κ2) is 5.64. The van der Waals surface area contributed by atoms with Crippen LogP contribution in [0, 0.1) is 0 Å². The van der Waals surface area contributed by atoms with Gasteiger partial charge in [-0.3, -0.25) is 4.90 Å². The number of hydrogen-bond donors (Lipinski definition) is 2. The predicted molar refractivity (Wildman–Crippen MR) is 82.8 cm³/mol. The van der Waals surface area contributed by atoms with Crippen LogP contribution in [0.25, 0.3) is 0 Å². The third kappa shape index (κ3) is 2.64. The van der Waals surface area contributed by atoms with Crippen molar-refractivity contribution in [1.29, 1.82) is 0 Å². The summed E-state index contributed by atoms with van der Waals surface area (Å²) in [6, 6.07) is 2.64. The van der Waals surface area contributed by atoms with Crippen molar-refractivity contribution < 1.29 is 9.84 Å². The maximum Gasteiger partial charge on any atom is 0.222 e. The van der Waals surface area contributed by atoms with Crippen molar-refractivity contribution >= 4 is 11.8 Å². The summed E-state index contributed by atoms with van der Waals surface area (Å²) in [6.07, 6.45) is 1.39. The Morgan fingerprint density at radius 2 is 1.91 bits per heavy atom. The molecule has 0 radical (unpaired) electrons. The third-order valence-electron chi connectivity index (χ3n) is 5.03. The maximum atomic E-state index is 9.46. The Balaban J connectivity index is 1.41. The first kappa shape index (κ1) is 14.2. The van der Waals surface area contributed by atoms with Crippen LogP contribution in [0.3, 0.4) is 0 Å². The van der Waals surface area contributed by atoms with Gasteiger partial charge >= 0.3 is 0 Å². The average molecular weight is 305 g/mol. The molecular weight excluding hydrogens is 282 g/mol. The van der Waals surface area contributed by atoms with Crippen molar-refractivity contribution in [1.82, 2.24) is 14.9 Å². The van der Waals surface area contributed by atoms with E-state index >= 15 is 0 Å². The summed E-state index contributed by atoms with van der Waals surface area (Å²) in [5.74, 6) is 1.59. The van der Waals surface area contributed by atoms with E-state index in [-0.39, 0.29) is 6.10 Å². The summed E-state index contributed by atoms with van der Waals surface area (Å²) < 4.78 is 5.40. The molecule has 0 bridgehead atoms. The van der Waals surface area contributed by atoms with Gasteiger partial charge in [-0.1, -0.05) is 0 Å². The van der Waals surface area contributed by atoms with Crippen LogP contribution in [0.1, 0.15) is 24.5 Å². The van der Waals surface area contributed by atoms with Gasteiger partial charge < -0.3 is 20.5 Å². The number of aromatic nitrogens is 2. The van der Waals surface area contributed by atoms with Crippen molar-refractivity contribution in [2.45, 2.75) is 30.9 Å². The van der Waals surface area contributed by atoms with E-state index < -0.39 is 0 Å². The van der Waals surface area contributed by atoms with Crippen LogP contribution in [0.2, 0.25) is 0 Å². The van der Waals surface area contributed by atoms with E-state index in [1.165, 1.54) is 0 Å². The number of ether oxygens (including phenoxy) is 1. The Morgan fingerprint density at radius 3 is 2.59 bits per heavy atom. The highest BCUT2D eigenvalue weighted by molar-refractivity contribution is 5.47. The molecule has 0 spiro atoms. The second-order valence-corrected chi connectivity index (χ2v) is 6.54. The highest BCUT2D eigenvalue weighted by Gasteiger charge is 2.35. The fourth-order valence-electron chi connectivity index (χ4n) is 3.49. The van der Waals surface area contributed by atoms with Crippen LogP contribution in [-0.4, -0.2) is 71.5 Å². The zero-order chi connectivity index (χ0) is 15.1. The minimum atomic E-state index is -0.181. The van der Waals surface area contributed by atoms with Crippen LogP contribution in [0.5, 0.6) is 0 Å². The standard InChI is InChI=1S/C15H23N5O2/c16-15-17-13(10-5-12(21)6-10)7-14(18-15)20-8-11(9-20)19-1-3-22-4-2-19/h7,10-12,21H,1-6,8-9H2,(H2,16,17,18). The van der Waals surface area contributed by atoms with E-state index in [0.717, 1.165) is 63.7 Å². The van der Waals surface area contributed by atoms with Gasteiger partial charge in [0.05, 0.1) is 25.0 Å². The molecule has 1 saturated carbocycles. The summed E-state index contributed by atoms with van der Waals surface area (Å²) in [5.41, 5.74) is 6.84. The largest absolute Gasteiger partial charge is 0.393 e. The quantitative estimate of drug-likeness (QED) is 0.801. The molecule has 3 heterocycles. The molecule has 7 heteroatoms. The number of aliphatic hydroxyl groups is 1. The van der Waals surface area contributed by atoms with E-state index in [4.69, 9.17) is 10.5 Å². The topological polar surface area (TPSA) is 87.7 Å². The van der Waals surface area contributed by atoms with Crippen LogP contribution < -0.4 is 10.6 Å². The van der Waals surface area contributed by atoms with Crippen LogP contribution >= 0.6 is 0 Å². The molecule has 120 valence electrons. The van der Waals surface area contributed by atoms with Gasteiger partial charge in [-0.25, -0.2) is 4.98 Å². The van der Waals surface area contributed by atoms with Gasteiger partial charge in [-0.2, -0.15) is 4.98 Å². The lowest BCUT2D eigenvalue weighted by Crippen LogP contribution is -2.61. The zero-order valence-corrected chi connectivity index (χ0v) is 12.7. The van der Waals surface area contributed by atoms with Crippen LogP contribution in [0.4, 0.5) is 11.8 Å². The predicted octanol–water partition coefficient (Wildman–Crippen LogP) is -0.182. The lowest BCUT2D eigenvalue weighted by atomic mass is 9.80. The summed E-state index contributed by atoms with van der Waals surface area (Å²) in [7, 11) is 0. The van der Waals surface area contributed by atoms with Crippen molar-refractivity contribution in [3.8, 4) is 0 Å². The number of hydrogen-bond acceptors (Lipinski definition) is 7. The highest BCUT2D eigenvalue weighted by Crippen LogP contribution is 2.37. The Bertz CT molecular complexity index is 537. The van der Waals surface area contributed by atoms with Crippen molar-refractivity contribution in [2.24, 2.45) is 0 Å². The maximum absolute atomic E-state index is 9.46. The molecular formula is C15H23N5O2. The molecule has 0 amide bonds. The molecule has 0 aromatic carbocycles. The molecule has 0 unspecified atom stereocenters. The Morgan fingerprint density at radius 1 is 1.18 bits per heavy atom. The number of nitrogens with two attached hydrogens (primary N) is 1. The minimum Gasteiger partial charge on any atom is -0.393 e. The Kier molecular flexibility index (Phi) is 3.63. The average Bonchev–Trinajstić information content (AvgIpc) is 2.43. The van der Waals surface area contributed by atoms with Gasteiger partial charge in [0, 0.05) is 44.2 Å². The molecule has 7 nitrogen and oxygen atoms in total. The molecule has 2 saturated heterocycles. The molecule has 1 aromatic heterocycles. The number of morpholine rings is 1. The lowest BCUT2D eigenvalue weighted by molar-refractivity contribution is 0.0104. The van der Waals surface area contributed by atoms with E-state index in [9.17, 15) is 5.11 Å². The monoisotopic (exact) mass is 305 g/mol. The fourth-order valence-corrected chi connectivity index (χ4v) is 3.49. The molecule has 2 aliphatic heterocycles. The Hall–Kier alpha value is -1.44. The number of rotatable bonds is 3. The zero-order valence-electron chi connectivity index (χ0n) is 12.7. The smallest absolute Gasteiger partial charge is 0.222 e. The number of nitrogen functional groups attached to an aromatic ring is 1. The van der Waals surface area contributed by atoms with Gasteiger partial charge in [-0.05, 0) is 12.8 Å². The molecule has 3 fully saturated rings. The molecule has 3 aliphatic rings. The second-order valence-electron chi connectivity index (χ2n) is 6.54. The van der Waals surface area contributed by atoms with E-state index in [0.29, 0.717) is 17.9 Å². The van der Waals surface area contributed by atoms with Gasteiger partial charge in [-0.15, -0.1) is 0 Å². The van der Waals surface area contributed by atoms with Gasteiger partial charge in [0.2, 0.25) is 5.95 Å². The molecule has 1 aliphatic carbocycles. The number of aliphatic hydroxyl groups excluding tert-OH is 1. The first-order valence-electron chi connectivity index (χ1n) is 8.08. The Labute approximate surface area is 130 Å². The van der Waals surface area contributed by atoms with E-state index in [1.807, 2.05) is 6.07 Å². The number of nitrogens with zero attached hydrogens (tertiary/aromatic N) is 4.